The highest BCUT2D eigenvalue weighted by molar-refractivity contribution is 5.86. The molecule has 3 aromatic rings. The Labute approximate surface area is 114 Å². The number of hydrogen-bond donors (Lipinski definition) is 1. The molecule has 0 radical (unpaired) electrons. The molecule has 3 rings (SSSR count). The Hall–Kier alpha value is -2.89. The summed E-state index contributed by atoms with van der Waals surface area (Å²) >= 11 is 0. The van der Waals surface area contributed by atoms with Crippen molar-refractivity contribution in [3.63, 3.8) is 0 Å². The number of fused-ring (bicyclic) bond motifs is 1. The molecule has 0 spiro atoms. The monoisotopic (exact) mass is 269 g/mol. The first-order valence-corrected chi connectivity index (χ1v) is 5.90. The summed E-state index contributed by atoms with van der Waals surface area (Å²) in [5, 5.41) is 8.93. The first-order valence-electron chi connectivity index (χ1n) is 5.90. The van der Waals surface area contributed by atoms with Gasteiger partial charge in [-0.2, -0.15) is 0 Å². The van der Waals surface area contributed by atoms with Crippen LogP contribution in [0.15, 0.2) is 42.9 Å². The van der Waals surface area contributed by atoms with E-state index in [1.54, 1.807) is 23.9 Å². The molecule has 100 valence electrons. The second kappa shape index (κ2) is 4.65. The number of carboxylic acids is 1. The molecule has 0 fully saturated rings. The molecule has 0 aliphatic heterocycles. The fraction of sp³-hybridized carbons (Fsp3) is 0.0714. The van der Waals surface area contributed by atoms with Crippen molar-refractivity contribution < 1.29 is 14.6 Å². The molecular weight excluding hydrogens is 258 g/mol. The number of carbonyl (C=O) groups is 1. The minimum Gasteiger partial charge on any atom is -0.496 e. The zero-order valence-electron chi connectivity index (χ0n) is 10.6. The largest absolute Gasteiger partial charge is 0.496 e. The van der Waals surface area contributed by atoms with Gasteiger partial charge in [0, 0.05) is 29.7 Å². The van der Waals surface area contributed by atoms with Crippen LogP contribution in [0.3, 0.4) is 0 Å². The number of ether oxygens (including phenoxy) is 1. The van der Waals surface area contributed by atoms with Gasteiger partial charge in [-0.1, -0.05) is 18.2 Å². The Morgan fingerprint density at radius 1 is 1.30 bits per heavy atom. The van der Waals surface area contributed by atoms with E-state index in [1.165, 1.54) is 6.20 Å². The van der Waals surface area contributed by atoms with Crippen molar-refractivity contribution in [1.29, 1.82) is 0 Å². The number of imidazole rings is 1. The predicted octanol–water partition coefficient (Wildman–Crippen LogP) is 2.10. The van der Waals surface area contributed by atoms with Gasteiger partial charge in [0.25, 0.3) is 0 Å². The summed E-state index contributed by atoms with van der Waals surface area (Å²) in [6.45, 7) is 0. The molecule has 0 aliphatic carbocycles. The Bertz CT molecular complexity index is 795. The molecule has 0 saturated heterocycles. The highest BCUT2D eigenvalue weighted by Crippen LogP contribution is 2.28. The topological polar surface area (TPSA) is 76.7 Å². The van der Waals surface area contributed by atoms with E-state index in [1.807, 2.05) is 24.3 Å². The van der Waals surface area contributed by atoms with Gasteiger partial charge in [-0.05, 0) is 6.07 Å². The lowest BCUT2D eigenvalue weighted by Gasteiger charge is -2.07. The Balaban J connectivity index is 2.15. The maximum atomic E-state index is 10.9. The average molecular weight is 269 g/mol. The van der Waals surface area contributed by atoms with Gasteiger partial charge in [-0.25, -0.2) is 14.8 Å². The minimum absolute atomic E-state index is 0.0327. The quantitative estimate of drug-likeness (QED) is 0.788. The van der Waals surface area contributed by atoms with Crippen molar-refractivity contribution in [3.8, 4) is 16.9 Å². The van der Waals surface area contributed by atoms with Crippen LogP contribution in [0.5, 0.6) is 5.75 Å². The van der Waals surface area contributed by atoms with Gasteiger partial charge < -0.3 is 9.84 Å². The fourth-order valence-corrected chi connectivity index (χ4v) is 2.01. The molecule has 0 bridgehead atoms. The summed E-state index contributed by atoms with van der Waals surface area (Å²) in [7, 11) is 1.60. The first kappa shape index (κ1) is 12.2. The third kappa shape index (κ3) is 1.97. The van der Waals surface area contributed by atoms with E-state index >= 15 is 0 Å². The van der Waals surface area contributed by atoms with Crippen LogP contribution < -0.4 is 4.74 Å². The highest BCUT2D eigenvalue weighted by Gasteiger charge is 2.11. The molecule has 1 N–H and O–H groups in total. The van der Waals surface area contributed by atoms with Gasteiger partial charge in [0.1, 0.15) is 5.75 Å². The Morgan fingerprint density at radius 2 is 2.10 bits per heavy atom. The molecule has 2 heterocycles. The summed E-state index contributed by atoms with van der Waals surface area (Å²) in [6, 6.07) is 7.56. The lowest BCUT2D eigenvalue weighted by molar-refractivity contribution is 0.0691. The molecule has 0 atom stereocenters. The van der Waals surface area contributed by atoms with Crippen LogP contribution in [-0.4, -0.2) is 32.6 Å². The number of para-hydroxylation sites is 1. The molecule has 0 amide bonds. The van der Waals surface area contributed by atoms with Gasteiger partial charge in [0.05, 0.1) is 7.11 Å². The number of nitrogens with zero attached hydrogens (tertiary/aromatic N) is 3. The SMILES string of the molecule is COc1ccccc1-c1cnc2nc(C(=O)O)cn2c1. The van der Waals surface area contributed by atoms with Crippen molar-refractivity contribution >= 4 is 11.7 Å². The fourth-order valence-electron chi connectivity index (χ4n) is 2.01. The second-order valence-electron chi connectivity index (χ2n) is 4.18. The lowest BCUT2D eigenvalue weighted by atomic mass is 10.1. The minimum atomic E-state index is -1.07. The van der Waals surface area contributed by atoms with Gasteiger partial charge in [-0.15, -0.1) is 0 Å². The van der Waals surface area contributed by atoms with Crippen molar-refractivity contribution in [1.82, 2.24) is 14.4 Å². The van der Waals surface area contributed by atoms with Gasteiger partial charge in [-0.3, -0.25) is 4.40 Å². The summed E-state index contributed by atoms with van der Waals surface area (Å²) in [5.41, 5.74) is 1.67. The van der Waals surface area contributed by atoms with Crippen LogP contribution in [0.25, 0.3) is 16.9 Å². The molecule has 0 unspecified atom stereocenters. The molecule has 20 heavy (non-hydrogen) atoms. The Morgan fingerprint density at radius 3 is 2.85 bits per heavy atom. The predicted molar refractivity (Wildman–Crippen MR) is 71.9 cm³/mol. The molecule has 2 aromatic heterocycles. The van der Waals surface area contributed by atoms with Crippen molar-refractivity contribution in [2.45, 2.75) is 0 Å². The number of benzene rings is 1. The van der Waals surface area contributed by atoms with Crippen LogP contribution in [0.1, 0.15) is 10.5 Å². The number of hydrogen-bond acceptors (Lipinski definition) is 4. The van der Waals surface area contributed by atoms with E-state index in [9.17, 15) is 4.79 Å². The molecule has 0 aliphatic rings. The van der Waals surface area contributed by atoms with E-state index < -0.39 is 5.97 Å². The summed E-state index contributed by atoms with van der Waals surface area (Å²) < 4.78 is 6.90. The maximum absolute atomic E-state index is 10.9. The number of methoxy groups -OCH3 is 1. The summed E-state index contributed by atoms with van der Waals surface area (Å²) in [4.78, 5) is 19.0. The Kier molecular flexibility index (Phi) is 2.83. The lowest BCUT2D eigenvalue weighted by Crippen LogP contribution is -1.94. The third-order valence-electron chi connectivity index (χ3n) is 2.95. The number of rotatable bonds is 3. The van der Waals surface area contributed by atoms with Gasteiger partial charge >= 0.3 is 5.97 Å². The normalized spacial score (nSPS) is 10.7. The number of aromatic nitrogens is 3. The van der Waals surface area contributed by atoms with E-state index in [-0.39, 0.29) is 5.69 Å². The highest BCUT2D eigenvalue weighted by atomic mass is 16.5. The first-order chi connectivity index (χ1) is 9.69. The number of aromatic carboxylic acids is 1. The molecule has 0 saturated carbocycles. The third-order valence-corrected chi connectivity index (χ3v) is 2.95. The zero-order chi connectivity index (χ0) is 14.1. The van der Waals surface area contributed by atoms with Crippen LogP contribution in [0, 0.1) is 0 Å². The van der Waals surface area contributed by atoms with Gasteiger partial charge in [0.2, 0.25) is 5.78 Å². The zero-order valence-corrected chi connectivity index (χ0v) is 10.6. The smallest absolute Gasteiger partial charge is 0.356 e. The van der Waals surface area contributed by atoms with E-state index in [0.717, 1.165) is 16.9 Å². The number of carboxylic acid groups (broad SMARTS) is 1. The van der Waals surface area contributed by atoms with Crippen LogP contribution in [0.4, 0.5) is 0 Å². The van der Waals surface area contributed by atoms with E-state index in [2.05, 4.69) is 9.97 Å². The summed E-state index contributed by atoms with van der Waals surface area (Å²) in [5.74, 6) is 0.00242. The molecule has 6 heteroatoms. The summed E-state index contributed by atoms with van der Waals surface area (Å²) in [6.07, 6.45) is 4.86. The standard InChI is InChI=1S/C14H11N3O3/c1-20-12-5-3-2-4-10(12)9-6-15-14-16-11(13(18)19)8-17(14)7-9/h2-8H,1H3,(H,18,19). The van der Waals surface area contributed by atoms with Crippen molar-refractivity contribution in [3.05, 3.63) is 48.5 Å². The van der Waals surface area contributed by atoms with E-state index in [4.69, 9.17) is 9.84 Å². The molecular formula is C14H11N3O3. The van der Waals surface area contributed by atoms with Crippen LogP contribution in [0.2, 0.25) is 0 Å². The van der Waals surface area contributed by atoms with Crippen molar-refractivity contribution in [2.75, 3.05) is 7.11 Å². The van der Waals surface area contributed by atoms with Crippen molar-refractivity contribution in [2.24, 2.45) is 0 Å². The van der Waals surface area contributed by atoms with Crippen LogP contribution >= 0.6 is 0 Å². The molecule has 1 aromatic carbocycles. The average Bonchev–Trinajstić information content (AvgIpc) is 2.90. The molecule has 6 nitrogen and oxygen atoms in total. The van der Waals surface area contributed by atoms with E-state index in [0.29, 0.717) is 5.78 Å². The maximum Gasteiger partial charge on any atom is 0.356 e. The van der Waals surface area contributed by atoms with Crippen LogP contribution in [-0.2, 0) is 0 Å². The second-order valence-corrected chi connectivity index (χ2v) is 4.18. The van der Waals surface area contributed by atoms with Gasteiger partial charge in [0.15, 0.2) is 5.69 Å².